The van der Waals surface area contributed by atoms with E-state index in [0.29, 0.717) is 41.8 Å². The molecule has 0 fully saturated rings. The molecule has 6 heteroatoms. The van der Waals surface area contributed by atoms with Crippen molar-refractivity contribution in [3.8, 4) is 23.0 Å². The predicted molar refractivity (Wildman–Crippen MR) is 118 cm³/mol. The Morgan fingerprint density at radius 3 is 2.62 bits per heavy atom. The number of hydrogen-bond donors (Lipinski definition) is 0. The minimum absolute atomic E-state index is 0.131. The Bertz CT molecular complexity index is 1250. The molecule has 0 bridgehead atoms. The van der Waals surface area contributed by atoms with E-state index >= 15 is 0 Å². The number of carbonyl (C=O) groups excluding carboxylic acids is 1. The summed E-state index contributed by atoms with van der Waals surface area (Å²) in [5, 5.41) is 0. The van der Waals surface area contributed by atoms with Gasteiger partial charge in [0, 0.05) is 12.6 Å². The summed E-state index contributed by atoms with van der Waals surface area (Å²) in [6.45, 7) is 3.49. The lowest BCUT2D eigenvalue weighted by Gasteiger charge is -2.34. The van der Waals surface area contributed by atoms with Crippen molar-refractivity contribution in [1.29, 1.82) is 0 Å². The SMILES string of the molecule is CC(c1ccccc1)N1COc2ccc3c(c2C1)O/C(=C\c1ccc2c(c1)OCO2)C3=O. The van der Waals surface area contributed by atoms with Crippen LogP contribution in [-0.2, 0) is 6.54 Å². The Labute approximate surface area is 185 Å². The van der Waals surface area contributed by atoms with Gasteiger partial charge in [-0.05, 0) is 48.4 Å². The third-order valence-corrected chi connectivity index (χ3v) is 6.17. The van der Waals surface area contributed by atoms with Gasteiger partial charge in [-0.1, -0.05) is 36.4 Å². The van der Waals surface area contributed by atoms with Gasteiger partial charge >= 0.3 is 0 Å². The van der Waals surface area contributed by atoms with Crippen LogP contribution in [0.5, 0.6) is 23.0 Å². The van der Waals surface area contributed by atoms with Crippen LogP contribution >= 0.6 is 0 Å². The fourth-order valence-electron chi connectivity index (χ4n) is 4.32. The molecule has 160 valence electrons. The lowest BCUT2D eigenvalue weighted by atomic mass is 10.0. The van der Waals surface area contributed by atoms with E-state index in [-0.39, 0.29) is 18.6 Å². The molecule has 0 spiro atoms. The molecule has 3 aliphatic heterocycles. The van der Waals surface area contributed by atoms with Crippen molar-refractivity contribution in [3.63, 3.8) is 0 Å². The van der Waals surface area contributed by atoms with Gasteiger partial charge in [-0.25, -0.2) is 0 Å². The lowest BCUT2D eigenvalue weighted by Crippen LogP contribution is -2.34. The fourth-order valence-corrected chi connectivity index (χ4v) is 4.32. The van der Waals surface area contributed by atoms with Crippen molar-refractivity contribution in [2.45, 2.75) is 19.5 Å². The number of Topliss-reactive ketones (excluding diaryl/α,β-unsaturated/α-hetero) is 1. The molecule has 0 radical (unpaired) electrons. The van der Waals surface area contributed by atoms with Crippen LogP contribution in [0.15, 0.2) is 66.4 Å². The van der Waals surface area contributed by atoms with Crippen LogP contribution in [0.2, 0.25) is 0 Å². The predicted octanol–water partition coefficient (Wildman–Crippen LogP) is 4.94. The number of benzene rings is 3. The van der Waals surface area contributed by atoms with E-state index in [1.165, 1.54) is 5.56 Å². The van der Waals surface area contributed by atoms with E-state index in [9.17, 15) is 4.79 Å². The second kappa shape index (κ2) is 7.43. The van der Waals surface area contributed by atoms with Crippen molar-refractivity contribution in [3.05, 3.63) is 88.7 Å². The number of rotatable bonds is 3. The van der Waals surface area contributed by atoms with Gasteiger partial charge in [-0.3, -0.25) is 9.69 Å². The molecule has 3 aromatic carbocycles. The first-order chi connectivity index (χ1) is 15.7. The number of ketones is 1. The van der Waals surface area contributed by atoms with Gasteiger partial charge in [0.15, 0.2) is 17.3 Å². The molecule has 1 unspecified atom stereocenters. The largest absolute Gasteiger partial charge is 0.478 e. The van der Waals surface area contributed by atoms with E-state index in [1.54, 1.807) is 12.1 Å². The average molecular weight is 427 g/mol. The summed E-state index contributed by atoms with van der Waals surface area (Å²) in [4.78, 5) is 15.3. The van der Waals surface area contributed by atoms with Gasteiger partial charge in [-0.2, -0.15) is 0 Å². The molecular weight excluding hydrogens is 406 g/mol. The van der Waals surface area contributed by atoms with Crippen LogP contribution < -0.4 is 18.9 Å². The number of fused-ring (bicyclic) bond motifs is 4. The summed E-state index contributed by atoms with van der Waals surface area (Å²) in [5.74, 6) is 2.88. The number of hydrogen-bond acceptors (Lipinski definition) is 6. The summed E-state index contributed by atoms with van der Waals surface area (Å²) >= 11 is 0. The molecule has 6 rings (SSSR count). The highest BCUT2D eigenvalue weighted by Gasteiger charge is 2.34. The summed E-state index contributed by atoms with van der Waals surface area (Å²) < 4.78 is 22.9. The van der Waals surface area contributed by atoms with Crippen LogP contribution in [0, 0.1) is 0 Å². The molecule has 0 amide bonds. The van der Waals surface area contributed by atoms with Crippen molar-refractivity contribution in [1.82, 2.24) is 4.90 Å². The van der Waals surface area contributed by atoms with Crippen molar-refractivity contribution < 1.29 is 23.7 Å². The van der Waals surface area contributed by atoms with E-state index in [2.05, 4.69) is 24.0 Å². The standard InChI is InChI=1S/C26H21NO5/c1-16(18-5-3-2-4-6-18)27-13-20-21(29-14-27)10-8-19-25(28)24(32-26(19)20)12-17-7-9-22-23(11-17)31-15-30-22/h2-12,16H,13-15H2,1H3/b24-12-. The van der Waals surface area contributed by atoms with Gasteiger partial charge in [0.1, 0.15) is 18.2 Å². The first kappa shape index (κ1) is 19.0. The molecule has 0 aromatic heterocycles. The minimum atomic E-state index is -0.131. The monoisotopic (exact) mass is 427 g/mol. The van der Waals surface area contributed by atoms with E-state index < -0.39 is 0 Å². The van der Waals surface area contributed by atoms with Gasteiger partial charge in [0.25, 0.3) is 0 Å². The third-order valence-electron chi connectivity index (χ3n) is 6.17. The molecule has 6 nitrogen and oxygen atoms in total. The Morgan fingerprint density at radius 2 is 1.75 bits per heavy atom. The lowest BCUT2D eigenvalue weighted by molar-refractivity contribution is 0.0606. The van der Waals surface area contributed by atoms with Crippen molar-refractivity contribution in [2.75, 3.05) is 13.5 Å². The Balaban J connectivity index is 1.30. The van der Waals surface area contributed by atoms with Crippen LogP contribution in [0.25, 0.3) is 6.08 Å². The van der Waals surface area contributed by atoms with E-state index in [1.807, 2.05) is 42.5 Å². The Morgan fingerprint density at radius 1 is 0.938 bits per heavy atom. The second-order valence-corrected chi connectivity index (χ2v) is 8.08. The molecule has 0 N–H and O–H groups in total. The third kappa shape index (κ3) is 3.11. The summed E-state index contributed by atoms with van der Waals surface area (Å²) in [7, 11) is 0. The molecule has 0 saturated heterocycles. The van der Waals surface area contributed by atoms with E-state index in [4.69, 9.17) is 18.9 Å². The highest BCUT2D eigenvalue weighted by molar-refractivity contribution is 6.15. The van der Waals surface area contributed by atoms with Crippen LogP contribution in [0.1, 0.15) is 40.0 Å². The fraction of sp³-hybridized carbons (Fsp3) is 0.192. The highest BCUT2D eigenvalue weighted by atomic mass is 16.7. The van der Waals surface area contributed by atoms with Gasteiger partial charge < -0.3 is 18.9 Å². The maximum atomic E-state index is 13.1. The Kier molecular flexibility index (Phi) is 4.40. The molecule has 0 aliphatic carbocycles. The first-order valence-corrected chi connectivity index (χ1v) is 10.6. The maximum absolute atomic E-state index is 13.1. The average Bonchev–Trinajstić information content (AvgIpc) is 3.43. The summed E-state index contributed by atoms with van der Waals surface area (Å²) in [6.07, 6.45) is 1.74. The molecule has 1 atom stereocenters. The summed E-state index contributed by atoms with van der Waals surface area (Å²) in [5.41, 5.74) is 3.50. The molecule has 32 heavy (non-hydrogen) atoms. The zero-order chi connectivity index (χ0) is 21.7. The van der Waals surface area contributed by atoms with Gasteiger partial charge in [0.2, 0.25) is 12.6 Å². The van der Waals surface area contributed by atoms with Gasteiger partial charge in [-0.15, -0.1) is 0 Å². The second-order valence-electron chi connectivity index (χ2n) is 8.08. The number of nitrogens with zero attached hydrogens (tertiary/aromatic N) is 1. The minimum Gasteiger partial charge on any atom is -0.478 e. The first-order valence-electron chi connectivity index (χ1n) is 10.6. The molecule has 3 heterocycles. The van der Waals surface area contributed by atoms with Crippen molar-refractivity contribution in [2.24, 2.45) is 0 Å². The zero-order valence-corrected chi connectivity index (χ0v) is 17.5. The van der Waals surface area contributed by atoms with E-state index in [0.717, 1.165) is 16.9 Å². The smallest absolute Gasteiger partial charge is 0.231 e. The molecule has 0 saturated carbocycles. The number of carbonyl (C=O) groups is 1. The highest BCUT2D eigenvalue weighted by Crippen LogP contribution is 2.43. The quantitative estimate of drug-likeness (QED) is 0.552. The van der Waals surface area contributed by atoms with Gasteiger partial charge in [0.05, 0.1) is 11.1 Å². The summed E-state index contributed by atoms with van der Waals surface area (Å²) in [6, 6.07) is 19.7. The van der Waals surface area contributed by atoms with Crippen LogP contribution in [0.4, 0.5) is 0 Å². The number of ether oxygens (including phenoxy) is 4. The maximum Gasteiger partial charge on any atom is 0.231 e. The van der Waals surface area contributed by atoms with Crippen LogP contribution in [0.3, 0.4) is 0 Å². The molecular formula is C26H21NO5. The number of allylic oxidation sites excluding steroid dienone is 1. The zero-order valence-electron chi connectivity index (χ0n) is 17.5. The van der Waals surface area contributed by atoms with Crippen LogP contribution in [-0.4, -0.2) is 24.2 Å². The topological polar surface area (TPSA) is 57.2 Å². The molecule has 3 aromatic rings. The van der Waals surface area contributed by atoms with Crippen molar-refractivity contribution >= 4 is 11.9 Å². The molecule has 3 aliphatic rings. The Hall–Kier alpha value is -3.77. The normalized spacial score (nSPS) is 18.7.